The van der Waals surface area contributed by atoms with Crippen molar-refractivity contribution in [2.24, 2.45) is 0 Å². The zero-order valence-electron chi connectivity index (χ0n) is 20.6. The fraction of sp³-hybridized carbons (Fsp3) is 0.393. The van der Waals surface area contributed by atoms with Gasteiger partial charge in [0, 0.05) is 49.9 Å². The second-order valence-electron chi connectivity index (χ2n) is 9.35. The minimum absolute atomic E-state index is 0.0199. The molecule has 1 aromatic carbocycles. The fourth-order valence-electron chi connectivity index (χ4n) is 5.22. The Hall–Kier alpha value is -3.23. The van der Waals surface area contributed by atoms with Crippen LogP contribution in [-0.2, 0) is 22.5 Å². The van der Waals surface area contributed by atoms with Gasteiger partial charge in [-0.3, -0.25) is 9.78 Å². The van der Waals surface area contributed by atoms with Gasteiger partial charge in [0.25, 0.3) is 0 Å². The monoisotopic (exact) mass is 503 g/mol. The molecule has 5 rings (SSSR count). The van der Waals surface area contributed by atoms with Crippen molar-refractivity contribution in [3.63, 3.8) is 0 Å². The lowest BCUT2D eigenvalue weighted by molar-refractivity contribution is -0.116. The number of amides is 1. The molecular formula is C28H33N5O2S. The van der Waals surface area contributed by atoms with E-state index >= 15 is 0 Å². The number of carbonyl (C=O) groups is 1. The Bertz CT molecular complexity index is 1190. The van der Waals surface area contributed by atoms with Gasteiger partial charge in [0.15, 0.2) is 5.11 Å². The number of carbonyl (C=O) groups excluding carboxylic acids is 1. The van der Waals surface area contributed by atoms with Crippen LogP contribution in [-0.4, -0.2) is 44.7 Å². The lowest BCUT2D eigenvalue weighted by Crippen LogP contribution is -2.33. The molecule has 0 saturated carbocycles. The quantitative estimate of drug-likeness (QED) is 0.415. The number of nitrogens with one attached hydrogen (secondary N) is 2. The van der Waals surface area contributed by atoms with Crippen molar-refractivity contribution in [2.45, 2.75) is 57.3 Å². The molecule has 188 valence electrons. The van der Waals surface area contributed by atoms with Crippen molar-refractivity contribution in [2.75, 3.05) is 18.5 Å². The number of pyridine rings is 1. The molecule has 2 aromatic heterocycles. The molecule has 3 unspecified atom stereocenters. The van der Waals surface area contributed by atoms with Crippen LogP contribution >= 0.6 is 12.2 Å². The predicted molar refractivity (Wildman–Crippen MR) is 145 cm³/mol. The highest BCUT2D eigenvalue weighted by Crippen LogP contribution is 2.39. The van der Waals surface area contributed by atoms with Gasteiger partial charge < -0.3 is 24.8 Å². The van der Waals surface area contributed by atoms with Crippen molar-refractivity contribution in [3.8, 4) is 0 Å². The molecule has 3 aromatic rings. The summed E-state index contributed by atoms with van der Waals surface area (Å²) < 4.78 is 8.19. The number of benzene rings is 1. The first-order valence-corrected chi connectivity index (χ1v) is 13.2. The molecule has 1 amide bonds. The van der Waals surface area contributed by atoms with Crippen molar-refractivity contribution in [1.29, 1.82) is 0 Å². The number of para-hydroxylation sites is 1. The Morgan fingerprint density at radius 2 is 2.06 bits per heavy atom. The molecule has 2 aliphatic heterocycles. The standard InChI is InChI=1S/C28H33N5O2S/c1-2-20-9-3-4-11-22(20)30-25(34)14-17-33-27(26(31-28(33)36)23-12-5-6-15-29-23)24-13-7-16-32(24)19-21-10-8-18-35-21/h3-7,9,11-13,15-16,21,26-27H,2,8,10,14,17-19H2,1H3,(H,30,34)(H,31,36). The van der Waals surface area contributed by atoms with Crippen molar-refractivity contribution in [3.05, 3.63) is 83.9 Å². The molecule has 2 fully saturated rings. The molecule has 0 radical (unpaired) electrons. The van der Waals surface area contributed by atoms with E-state index in [-0.39, 0.29) is 24.1 Å². The number of rotatable bonds is 9. The lowest BCUT2D eigenvalue weighted by Gasteiger charge is -2.29. The molecule has 3 atom stereocenters. The van der Waals surface area contributed by atoms with Gasteiger partial charge in [0.1, 0.15) is 0 Å². The normalized spacial score (nSPS) is 21.5. The molecule has 7 nitrogen and oxygen atoms in total. The average molecular weight is 504 g/mol. The first-order chi connectivity index (χ1) is 17.6. The summed E-state index contributed by atoms with van der Waals surface area (Å²) in [5.41, 5.74) is 4.08. The van der Waals surface area contributed by atoms with Crippen LogP contribution in [0.5, 0.6) is 0 Å². The van der Waals surface area contributed by atoms with Crippen LogP contribution in [0.25, 0.3) is 0 Å². The minimum atomic E-state index is -0.110. The van der Waals surface area contributed by atoms with Crippen molar-refractivity contribution in [1.82, 2.24) is 19.8 Å². The second-order valence-corrected chi connectivity index (χ2v) is 9.74. The zero-order valence-corrected chi connectivity index (χ0v) is 21.4. The number of hydrogen-bond acceptors (Lipinski definition) is 4. The van der Waals surface area contributed by atoms with E-state index in [1.54, 1.807) is 0 Å². The summed E-state index contributed by atoms with van der Waals surface area (Å²) in [5.74, 6) is -0.0199. The van der Waals surface area contributed by atoms with Gasteiger partial charge in [-0.15, -0.1) is 0 Å². The summed E-state index contributed by atoms with van der Waals surface area (Å²) in [7, 11) is 0. The summed E-state index contributed by atoms with van der Waals surface area (Å²) in [6, 6.07) is 17.9. The summed E-state index contributed by atoms with van der Waals surface area (Å²) >= 11 is 5.80. The Labute approximate surface area is 217 Å². The first-order valence-electron chi connectivity index (χ1n) is 12.8. The first kappa shape index (κ1) is 24.5. The molecule has 8 heteroatoms. The van der Waals surface area contributed by atoms with E-state index in [1.807, 2.05) is 48.7 Å². The van der Waals surface area contributed by atoms with Gasteiger partial charge in [-0.25, -0.2) is 0 Å². The summed E-state index contributed by atoms with van der Waals surface area (Å²) in [6.45, 7) is 4.23. The van der Waals surface area contributed by atoms with Gasteiger partial charge in [0.2, 0.25) is 5.91 Å². The van der Waals surface area contributed by atoms with Crippen LogP contribution in [0.1, 0.15) is 55.2 Å². The third-order valence-electron chi connectivity index (χ3n) is 7.04. The number of thiocarbonyl (C=S) groups is 1. The number of ether oxygens (including phenoxy) is 1. The van der Waals surface area contributed by atoms with Crippen molar-refractivity contribution < 1.29 is 9.53 Å². The highest BCUT2D eigenvalue weighted by molar-refractivity contribution is 7.80. The third-order valence-corrected chi connectivity index (χ3v) is 7.39. The number of aromatic nitrogens is 2. The minimum Gasteiger partial charge on any atom is -0.376 e. The van der Waals surface area contributed by atoms with Crippen LogP contribution in [0.3, 0.4) is 0 Å². The lowest BCUT2D eigenvalue weighted by atomic mass is 10.0. The van der Waals surface area contributed by atoms with E-state index in [4.69, 9.17) is 17.0 Å². The highest BCUT2D eigenvalue weighted by Gasteiger charge is 2.41. The van der Waals surface area contributed by atoms with Crippen molar-refractivity contribution >= 4 is 28.9 Å². The largest absolute Gasteiger partial charge is 0.376 e. The number of anilines is 1. The molecule has 2 saturated heterocycles. The van der Waals surface area contributed by atoms with Crippen LogP contribution in [0.4, 0.5) is 5.69 Å². The van der Waals surface area contributed by atoms with E-state index in [0.29, 0.717) is 18.1 Å². The molecule has 2 N–H and O–H groups in total. The number of aryl methyl sites for hydroxylation is 1. The average Bonchev–Trinajstić information content (AvgIpc) is 3.65. The Kier molecular flexibility index (Phi) is 7.63. The van der Waals surface area contributed by atoms with Gasteiger partial charge in [-0.1, -0.05) is 31.2 Å². The zero-order chi connectivity index (χ0) is 24.9. The fourth-order valence-corrected chi connectivity index (χ4v) is 5.55. The molecular weight excluding hydrogens is 470 g/mol. The second kappa shape index (κ2) is 11.2. The molecule has 2 aliphatic rings. The van der Waals surface area contributed by atoms with Gasteiger partial charge in [-0.05, 0) is 67.4 Å². The highest BCUT2D eigenvalue weighted by atomic mass is 32.1. The van der Waals surface area contributed by atoms with Crippen LogP contribution in [0.15, 0.2) is 67.0 Å². The maximum Gasteiger partial charge on any atom is 0.226 e. The molecule has 4 heterocycles. The molecule has 36 heavy (non-hydrogen) atoms. The maximum atomic E-state index is 13.0. The summed E-state index contributed by atoms with van der Waals surface area (Å²) in [6.07, 6.45) is 7.53. The molecule has 0 spiro atoms. The Morgan fingerprint density at radius 1 is 1.19 bits per heavy atom. The van der Waals surface area contributed by atoms with Gasteiger partial charge >= 0.3 is 0 Å². The molecule has 0 bridgehead atoms. The SMILES string of the molecule is CCc1ccccc1NC(=O)CCN1C(=S)NC(c2ccccn2)C1c1cccn1CC1CCCO1. The smallest absolute Gasteiger partial charge is 0.226 e. The molecule has 0 aliphatic carbocycles. The van der Waals surface area contributed by atoms with Crippen LogP contribution in [0, 0.1) is 0 Å². The van der Waals surface area contributed by atoms with E-state index in [9.17, 15) is 4.79 Å². The third kappa shape index (κ3) is 5.29. The van der Waals surface area contributed by atoms with E-state index in [2.05, 4.69) is 50.3 Å². The topological polar surface area (TPSA) is 71.4 Å². The van der Waals surface area contributed by atoms with Gasteiger partial charge in [0.05, 0.1) is 23.9 Å². The van der Waals surface area contributed by atoms with E-state index in [1.165, 1.54) is 0 Å². The van der Waals surface area contributed by atoms with E-state index < -0.39 is 0 Å². The van der Waals surface area contributed by atoms with Crippen LogP contribution < -0.4 is 10.6 Å². The Morgan fingerprint density at radius 3 is 2.83 bits per heavy atom. The van der Waals surface area contributed by atoms with Gasteiger partial charge in [-0.2, -0.15) is 0 Å². The van der Waals surface area contributed by atoms with Crippen LogP contribution in [0.2, 0.25) is 0 Å². The number of hydrogen-bond donors (Lipinski definition) is 2. The summed E-state index contributed by atoms with van der Waals surface area (Å²) in [5, 5.41) is 7.22. The maximum absolute atomic E-state index is 13.0. The summed E-state index contributed by atoms with van der Waals surface area (Å²) in [4.78, 5) is 19.7. The van der Waals surface area contributed by atoms with E-state index in [0.717, 1.165) is 55.1 Å². The Balaban J connectivity index is 1.37. The predicted octanol–water partition coefficient (Wildman–Crippen LogP) is 4.63. The number of nitrogens with zero attached hydrogens (tertiary/aromatic N) is 3.